The summed E-state index contributed by atoms with van der Waals surface area (Å²) in [7, 11) is 0. The van der Waals surface area contributed by atoms with E-state index < -0.39 is 11.8 Å². The zero-order valence-corrected chi connectivity index (χ0v) is 15.8. The summed E-state index contributed by atoms with van der Waals surface area (Å²) < 4.78 is 24.7. The maximum Gasteiger partial charge on any atom is 0.315 e. The van der Waals surface area contributed by atoms with Gasteiger partial charge in [-0.3, -0.25) is 9.59 Å². The molecule has 3 aromatic carbocycles. The minimum Gasteiger partial charge on any atom is -0.452 e. The fraction of sp³-hybridized carbons (Fsp3) is 0.0435. The molecular formula is C23H14ClFO4. The highest BCUT2D eigenvalue weighted by Crippen LogP contribution is 2.35. The molecule has 0 N–H and O–H groups in total. The smallest absolute Gasteiger partial charge is 0.315 e. The molecule has 0 unspecified atom stereocenters. The Labute approximate surface area is 171 Å². The van der Waals surface area contributed by atoms with Crippen molar-refractivity contribution in [1.29, 1.82) is 0 Å². The van der Waals surface area contributed by atoms with Crippen molar-refractivity contribution in [3.8, 4) is 11.5 Å². The van der Waals surface area contributed by atoms with Gasteiger partial charge < -0.3 is 9.47 Å². The first-order valence-electron chi connectivity index (χ1n) is 8.77. The highest BCUT2D eigenvalue weighted by atomic mass is 35.5. The highest BCUT2D eigenvalue weighted by molar-refractivity contribution is 6.30. The Morgan fingerprint density at radius 3 is 2.59 bits per heavy atom. The summed E-state index contributed by atoms with van der Waals surface area (Å²) in [5, 5.41) is 0.585. The third-order valence-electron chi connectivity index (χ3n) is 4.33. The average molecular weight is 409 g/mol. The number of esters is 1. The number of benzene rings is 3. The summed E-state index contributed by atoms with van der Waals surface area (Å²) in [6.45, 7) is 0. The zero-order chi connectivity index (χ0) is 20.4. The summed E-state index contributed by atoms with van der Waals surface area (Å²) in [5.74, 6) is -0.753. The van der Waals surface area contributed by atoms with Crippen LogP contribution >= 0.6 is 11.6 Å². The molecular weight excluding hydrogens is 395 g/mol. The molecule has 0 radical (unpaired) electrons. The van der Waals surface area contributed by atoms with Crippen LogP contribution in [0.15, 0.2) is 72.5 Å². The molecule has 144 valence electrons. The average Bonchev–Trinajstić information content (AvgIpc) is 3.00. The maximum atomic E-state index is 13.8. The molecule has 0 atom stereocenters. The Morgan fingerprint density at radius 2 is 1.83 bits per heavy atom. The van der Waals surface area contributed by atoms with Crippen LogP contribution in [0.4, 0.5) is 4.39 Å². The Balaban J connectivity index is 1.49. The van der Waals surface area contributed by atoms with Gasteiger partial charge in [-0.2, -0.15) is 0 Å². The fourth-order valence-corrected chi connectivity index (χ4v) is 3.03. The largest absolute Gasteiger partial charge is 0.452 e. The van der Waals surface area contributed by atoms with Crippen molar-refractivity contribution in [3.05, 3.63) is 100 Å². The molecule has 1 aliphatic heterocycles. The summed E-state index contributed by atoms with van der Waals surface area (Å²) in [4.78, 5) is 24.6. The van der Waals surface area contributed by atoms with Gasteiger partial charge in [0.2, 0.25) is 5.78 Å². The van der Waals surface area contributed by atoms with Gasteiger partial charge in [0.25, 0.3) is 0 Å². The van der Waals surface area contributed by atoms with Gasteiger partial charge in [0, 0.05) is 16.7 Å². The van der Waals surface area contributed by atoms with Gasteiger partial charge in [-0.1, -0.05) is 41.9 Å². The van der Waals surface area contributed by atoms with Crippen molar-refractivity contribution >= 4 is 29.4 Å². The number of ketones is 1. The van der Waals surface area contributed by atoms with Crippen LogP contribution < -0.4 is 9.47 Å². The maximum absolute atomic E-state index is 13.8. The Bertz CT molecular complexity index is 1140. The molecule has 0 aliphatic carbocycles. The van der Waals surface area contributed by atoms with E-state index in [0.717, 1.165) is 5.56 Å². The first kappa shape index (κ1) is 18.9. The third-order valence-corrected chi connectivity index (χ3v) is 4.58. The molecule has 0 amide bonds. The second-order valence-corrected chi connectivity index (χ2v) is 6.83. The zero-order valence-electron chi connectivity index (χ0n) is 15.0. The van der Waals surface area contributed by atoms with Gasteiger partial charge >= 0.3 is 5.97 Å². The predicted octanol–water partition coefficient (Wildman–Crippen LogP) is 5.24. The number of ether oxygens (including phenoxy) is 2. The van der Waals surface area contributed by atoms with E-state index in [2.05, 4.69) is 0 Å². The van der Waals surface area contributed by atoms with E-state index >= 15 is 0 Å². The number of carbonyl (C=O) groups excluding carboxylic acids is 2. The van der Waals surface area contributed by atoms with Gasteiger partial charge in [-0.15, -0.1) is 0 Å². The number of fused-ring (bicyclic) bond motifs is 1. The number of Topliss-reactive ketones (excluding diaryl/α,β-unsaturated/α-hetero) is 1. The second kappa shape index (κ2) is 7.89. The standard InChI is InChI=1S/C23H14ClFO4/c24-16-7-5-14(6-8-16)11-22(26)28-17-9-10-18-20(13-17)29-21(23(18)27)12-15-3-1-2-4-19(15)25/h1-10,12-13H,11H2/b21-12-. The minimum atomic E-state index is -0.460. The van der Waals surface area contributed by atoms with Gasteiger partial charge in [-0.05, 0) is 42.0 Å². The van der Waals surface area contributed by atoms with E-state index in [-0.39, 0.29) is 35.0 Å². The topological polar surface area (TPSA) is 52.6 Å². The molecule has 0 saturated heterocycles. The molecule has 0 aromatic heterocycles. The number of hydrogen-bond donors (Lipinski definition) is 0. The Kier molecular flexibility index (Phi) is 5.14. The Hall–Kier alpha value is -3.44. The molecule has 0 saturated carbocycles. The third kappa shape index (κ3) is 4.20. The monoisotopic (exact) mass is 408 g/mol. The Morgan fingerprint density at radius 1 is 1.07 bits per heavy atom. The lowest BCUT2D eigenvalue weighted by atomic mass is 10.1. The molecule has 1 aliphatic rings. The van der Waals surface area contributed by atoms with Crippen molar-refractivity contribution in [2.45, 2.75) is 6.42 Å². The van der Waals surface area contributed by atoms with Crippen molar-refractivity contribution in [2.75, 3.05) is 0 Å². The van der Waals surface area contributed by atoms with Crippen LogP contribution in [0.2, 0.25) is 5.02 Å². The van der Waals surface area contributed by atoms with E-state index in [1.54, 1.807) is 42.5 Å². The molecule has 0 fully saturated rings. The van der Waals surface area contributed by atoms with Gasteiger partial charge in [-0.25, -0.2) is 4.39 Å². The molecule has 0 spiro atoms. The number of carbonyl (C=O) groups is 2. The van der Waals surface area contributed by atoms with E-state index in [9.17, 15) is 14.0 Å². The predicted molar refractivity (Wildman–Crippen MR) is 107 cm³/mol. The number of hydrogen-bond acceptors (Lipinski definition) is 4. The van der Waals surface area contributed by atoms with Gasteiger partial charge in [0.15, 0.2) is 5.76 Å². The number of rotatable bonds is 4. The first-order valence-corrected chi connectivity index (χ1v) is 9.15. The molecule has 4 rings (SSSR count). The first-order chi connectivity index (χ1) is 14.0. The normalized spacial score (nSPS) is 13.9. The van der Waals surface area contributed by atoms with Crippen LogP contribution in [-0.4, -0.2) is 11.8 Å². The summed E-state index contributed by atoms with van der Waals surface area (Å²) in [6, 6.07) is 17.5. The van der Waals surface area contributed by atoms with Crippen LogP contribution in [0.3, 0.4) is 0 Å². The molecule has 3 aromatic rings. The van der Waals surface area contributed by atoms with Crippen molar-refractivity contribution < 1.29 is 23.5 Å². The summed E-state index contributed by atoms with van der Waals surface area (Å²) in [6.07, 6.45) is 1.43. The van der Waals surface area contributed by atoms with Crippen molar-refractivity contribution in [1.82, 2.24) is 0 Å². The van der Waals surface area contributed by atoms with Gasteiger partial charge in [0.1, 0.15) is 17.3 Å². The summed E-state index contributed by atoms with van der Waals surface area (Å²) >= 11 is 5.83. The van der Waals surface area contributed by atoms with E-state index in [1.165, 1.54) is 30.3 Å². The lowest BCUT2D eigenvalue weighted by molar-refractivity contribution is -0.133. The molecule has 6 heteroatoms. The van der Waals surface area contributed by atoms with Crippen LogP contribution in [-0.2, 0) is 11.2 Å². The number of allylic oxidation sites excluding steroid dienone is 1. The quantitative estimate of drug-likeness (QED) is 0.336. The van der Waals surface area contributed by atoms with Gasteiger partial charge in [0.05, 0.1) is 12.0 Å². The lowest BCUT2D eigenvalue weighted by Gasteiger charge is -2.06. The molecule has 1 heterocycles. The second-order valence-electron chi connectivity index (χ2n) is 6.40. The van der Waals surface area contributed by atoms with E-state index in [0.29, 0.717) is 10.6 Å². The summed E-state index contributed by atoms with van der Waals surface area (Å²) in [5.41, 5.74) is 1.34. The minimum absolute atomic E-state index is 0.00902. The van der Waals surface area contributed by atoms with E-state index in [1.807, 2.05) is 0 Å². The lowest BCUT2D eigenvalue weighted by Crippen LogP contribution is -2.11. The number of halogens is 2. The van der Waals surface area contributed by atoms with Crippen molar-refractivity contribution in [3.63, 3.8) is 0 Å². The molecule has 29 heavy (non-hydrogen) atoms. The fourth-order valence-electron chi connectivity index (χ4n) is 2.90. The van der Waals surface area contributed by atoms with Crippen LogP contribution in [0.5, 0.6) is 11.5 Å². The molecule has 0 bridgehead atoms. The van der Waals surface area contributed by atoms with Crippen LogP contribution in [0.1, 0.15) is 21.5 Å². The van der Waals surface area contributed by atoms with Crippen molar-refractivity contribution in [2.24, 2.45) is 0 Å². The van der Waals surface area contributed by atoms with E-state index in [4.69, 9.17) is 21.1 Å². The highest BCUT2D eigenvalue weighted by Gasteiger charge is 2.28. The van der Waals surface area contributed by atoms with Crippen LogP contribution in [0, 0.1) is 5.82 Å². The SMILES string of the molecule is O=C(Cc1ccc(Cl)cc1)Oc1ccc2c(c1)O/C(=C\c1ccccc1F)C2=O. The van der Waals surface area contributed by atoms with Crippen LogP contribution in [0.25, 0.3) is 6.08 Å². The molecule has 4 nitrogen and oxygen atoms in total.